The molecule has 0 atom stereocenters. The molecule has 0 bridgehead atoms. The van der Waals surface area contributed by atoms with Crippen molar-refractivity contribution in [1.29, 1.82) is 0 Å². The quantitative estimate of drug-likeness (QED) is 0.137. The van der Waals surface area contributed by atoms with Crippen LogP contribution in [-0.2, 0) is 0 Å². The van der Waals surface area contributed by atoms with Crippen molar-refractivity contribution < 1.29 is 33.0 Å². The van der Waals surface area contributed by atoms with Gasteiger partial charge in [-0.1, -0.05) is 0 Å². The first-order chi connectivity index (χ1) is 33.5. The molecule has 11 nitrogen and oxygen atoms in total. The number of piperidine rings is 2. The Labute approximate surface area is 404 Å². The molecule has 2 aromatic heterocycles. The van der Waals surface area contributed by atoms with Crippen molar-refractivity contribution in [2.45, 2.75) is 77.3 Å². The molecule has 0 saturated carbocycles. The van der Waals surface area contributed by atoms with Crippen LogP contribution in [0.5, 0.6) is 23.0 Å². The van der Waals surface area contributed by atoms with Crippen molar-refractivity contribution in [1.82, 2.24) is 30.0 Å². The number of halogens is 2. The molecule has 0 radical (unpaired) electrons. The van der Waals surface area contributed by atoms with Gasteiger partial charge in [0.1, 0.15) is 34.6 Å². The van der Waals surface area contributed by atoms with E-state index in [1.54, 1.807) is 55.5 Å². The number of carbonyl (C=O) groups excluding carboxylic acids is 1. The van der Waals surface area contributed by atoms with Crippen molar-refractivity contribution in [2.75, 3.05) is 52.4 Å². The van der Waals surface area contributed by atoms with E-state index < -0.39 is 5.97 Å². The Hall–Kier alpha value is -6.54. The molecule has 10 rings (SSSR count). The topological polar surface area (TPSA) is 120 Å². The molecule has 4 fully saturated rings. The summed E-state index contributed by atoms with van der Waals surface area (Å²) in [6.07, 6.45) is 10.3. The number of carboxylic acid groups (broad SMARTS) is 1. The number of hydrogen-bond acceptors (Lipinski definition) is 9. The lowest BCUT2D eigenvalue weighted by atomic mass is 10.0. The van der Waals surface area contributed by atoms with Crippen LogP contribution in [0.4, 0.5) is 8.78 Å². The van der Waals surface area contributed by atoms with E-state index in [4.69, 9.17) is 14.6 Å². The van der Waals surface area contributed by atoms with E-state index in [9.17, 15) is 18.4 Å². The van der Waals surface area contributed by atoms with Gasteiger partial charge in [0.25, 0.3) is 5.91 Å². The molecule has 360 valence electrons. The summed E-state index contributed by atoms with van der Waals surface area (Å²) >= 11 is 0. The molecular weight excluding hydrogens is 875 g/mol. The molecule has 69 heavy (non-hydrogen) atoms. The highest BCUT2D eigenvalue weighted by atomic mass is 19.1. The largest absolute Gasteiger partial charge is 0.478 e. The summed E-state index contributed by atoms with van der Waals surface area (Å²) in [5, 5.41) is 12.5. The monoisotopic (exact) mass is 936 g/mol. The zero-order chi connectivity index (χ0) is 48.1. The number of ether oxygens (including phenoxy) is 2. The first kappa shape index (κ1) is 48.9. The number of rotatable bonds is 10. The highest BCUT2D eigenvalue weighted by Gasteiger charge is 2.29. The van der Waals surface area contributed by atoms with E-state index in [1.165, 1.54) is 114 Å². The van der Waals surface area contributed by atoms with E-state index in [0.717, 1.165) is 54.5 Å². The number of benzene rings is 4. The maximum absolute atomic E-state index is 13.3. The van der Waals surface area contributed by atoms with Gasteiger partial charge in [-0.25, -0.2) is 13.6 Å². The number of carboxylic acids is 1. The van der Waals surface area contributed by atoms with E-state index in [1.807, 2.05) is 48.2 Å². The van der Waals surface area contributed by atoms with Gasteiger partial charge >= 0.3 is 5.97 Å². The lowest BCUT2D eigenvalue weighted by Gasteiger charge is -2.36. The van der Waals surface area contributed by atoms with Crippen LogP contribution < -0.4 is 14.8 Å². The van der Waals surface area contributed by atoms with E-state index in [-0.39, 0.29) is 23.1 Å². The zero-order valence-electron chi connectivity index (χ0n) is 39.6. The van der Waals surface area contributed by atoms with Crippen LogP contribution in [0.25, 0.3) is 22.5 Å². The van der Waals surface area contributed by atoms with Crippen LogP contribution in [0.15, 0.2) is 121 Å². The maximum Gasteiger partial charge on any atom is 0.335 e. The lowest BCUT2D eigenvalue weighted by Crippen LogP contribution is -2.45. The third kappa shape index (κ3) is 13.8. The van der Waals surface area contributed by atoms with Crippen LogP contribution in [-0.4, -0.2) is 106 Å². The van der Waals surface area contributed by atoms with Gasteiger partial charge in [-0.2, -0.15) is 0 Å². The molecule has 4 aliphatic rings. The van der Waals surface area contributed by atoms with Crippen molar-refractivity contribution in [3.8, 4) is 45.5 Å². The van der Waals surface area contributed by atoms with Gasteiger partial charge in [0.15, 0.2) is 0 Å². The number of aromatic nitrogens is 2. The number of aromatic carboxylic acids is 1. The molecule has 13 heteroatoms. The van der Waals surface area contributed by atoms with Gasteiger partial charge in [-0.3, -0.25) is 14.8 Å². The standard InChI is InChI=1S/C28H30FN3O2.C19H14FNO3.C9H18N2/c1-20-18-22(28(33)32-16-12-24(13-17-32)31-14-2-3-15-31)19-27(30-20)21-4-8-25(9-5-21)34-26-10-6-23(29)7-11-26;1-12-10-14(19(22)23)11-18(21-12)13-2-6-16(7-3-13)24-17-8-4-15(20)5-9-17;1-2-8-11(7-1)9-3-5-10-6-4-9/h4-11,18-19,24H,2-3,12-17H2,1H3;2-11H,1H3,(H,22,23);9-10H,1-8H2. The Kier molecular flexibility index (Phi) is 16.8. The van der Waals surface area contributed by atoms with Crippen LogP contribution in [0.1, 0.15) is 83.5 Å². The van der Waals surface area contributed by atoms with Gasteiger partial charge in [0.05, 0.1) is 17.0 Å². The fourth-order valence-electron chi connectivity index (χ4n) is 9.55. The molecule has 6 aromatic rings. The third-order valence-electron chi connectivity index (χ3n) is 13.2. The molecule has 0 unspecified atom stereocenters. The zero-order valence-corrected chi connectivity index (χ0v) is 39.6. The minimum atomic E-state index is -0.988. The van der Waals surface area contributed by atoms with Crippen LogP contribution in [0.3, 0.4) is 0 Å². The summed E-state index contributed by atoms with van der Waals surface area (Å²) in [7, 11) is 0. The molecule has 0 spiro atoms. The minimum absolute atomic E-state index is 0.0860. The normalized spacial score (nSPS) is 16.8. The van der Waals surface area contributed by atoms with E-state index >= 15 is 0 Å². The number of aryl methyl sites for hydroxylation is 2. The first-order valence-corrected chi connectivity index (χ1v) is 24.3. The van der Waals surface area contributed by atoms with Crippen molar-refractivity contribution in [3.05, 3.63) is 155 Å². The van der Waals surface area contributed by atoms with Crippen LogP contribution >= 0.6 is 0 Å². The van der Waals surface area contributed by atoms with E-state index in [2.05, 4.69) is 25.1 Å². The predicted molar refractivity (Wildman–Crippen MR) is 265 cm³/mol. The van der Waals surface area contributed by atoms with Crippen molar-refractivity contribution in [2.24, 2.45) is 0 Å². The highest BCUT2D eigenvalue weighted by Crippen LogP contribution is 2.29. The fraction of sp³-hybridized carbons (Fsp3) is 0.357. The Balaban J connectivity index is 0.000000158. The number of nitrogens with zero attached hydrogens (tertiary/aromatic N) is 5. The van der Waals surface area contributed by atoms with Gasteiger partial charge in [0, 0.05) is 53.3 Å². The fourth-order valence-corrected chi connectivity index (χ4v) is 9.55. The average Bonchev–Trinajstić information content (AvgIpc) is 4.13. The Morgan fingerprint density at radius 1 is 0.536 bits per heavy atom. The van der Waals surface area contributed by atoms with Crippen LogP contribution in [0, 0.1) is 25.5 Å². The van der Waals surface area contributed by atoms with Gasteiger partial charge < -0.3 is 34.6 Å². The number of hydrogen-bond donors (Lipinski definition) is 2. The van der Waals surface area contributed by atoms with Gasteiger partial charge in [-0.15, -0.1) is 0 Å². The number of likely N-dealkylation sites (tertiary alicyclic amines) is 3. The third-order valence-corrected chi connectivity index (χ3v) is 13.2. The second kappa shape index (κ2) is 23.7. The summed E-state index contributed by atoms with van der Waals surface area (Å²) < 4.78 is 37.4. The molecule has 6 heterocycles. The molecule has 2 N–H and O–H groups in total. The molecule has 4 aromatic carbocycles. The first-order valence-electron chi connectivity index (χ1n) is 24.3. The number of amides is 1. The molecule has 1 amide bonds. The smallest absolute Gasteiger partial charge is 0.335 e. The lowest BCUT2D eigenvalue weighted by molar-refractivity contribution is 0.0643. The number of nitrogens with one attached hydrogen (secondary N) is 1. The van der Waals surface area contributed by atoms with Crippen molar-refractivity contribution >= 4 is 11.9 Å². The Bertz CT molecular complexity index is 2610. The van der Waals surface area contributed by atoms with Crippen molar-refractivity contribution in [3.63, 3.8) is 0 Å². The number of pyridine rings is 2. The van der Waals surface area contributed by atoms with Gasteiger partial charge in [0.2, 0.25) is 0 Å². The molecular formula is C56H62F2N6O5. The summed E-state index contributed by atoms with van der Waals surface area (Å²) in [6.45, 7) is 12.9. The molecule has 4 saturated heterocycles. The second-order valence-electron chi connectivity index (χ2n) is 18.2. The summed E-state index contributed by atoms with van der Waals surface area (Å²) in [6, 6.07) is 34.7. The predicted octanol–water partition coefficient (Wildman–Crippen LogP) is 11.2. The molecule has 4 aliphatic heterocycles. The summed E-state index contributed by atoms with van der Waals surface area (Å²) in [5.41, 5.74) is 5.39. The average molecular weight is 937 g/mol. The Morgan fingerprint density at radius 2 is 0.913 bits per heavy atom. The van der Waals surface area contributed by atoms with E-state index in [0.29, 0.717) is 46.0 Å². The van der Waals surface area contributed by atoms with Gasteiger partial charge in [-0.05, 0) is 226 Å². The second-order valence-corrected chi connectivity index (χ2v) is 18.2. The maximum atomic E-state index is 13.3. The minimum Gasteiger partial charge on any atom is -0.478 e. The highest BCUT2D eigenvalue weighted by molar-refractivity contribution is 5.95. The summed E-state index contributed by atoms with van der Waals surface area (Å²) in [4.78, 5) is 40.7. The van der Waals surface area contributed by atoms with Crippen LogP contribution in [0.2, 0.25) is 0 Å². The molecule has 0 aliphatic carbocycles. The Morgan fingerprint density at radius 3 is 1.33 bits per heavy atom. The number of carbonyl (C=O) groups is 2. The summed E-state index contributed by atoms with van der Waals surface area (Å²) in [5.74, 6) is 0.833. The SMILES string of the molecule is C1CCN(C2CCNCC2)C1.Cc1cc(C(=O)N2CCC(N3CCCC3)CC2)cc(-c2ccc(Oc3ccc(F)cc3)cc2)n1.Cc1cc(C(=O)O)cc(-c2ccc(Oc3ccc(F)cc3)cc2)n1.